The lowest BCUT2D eigenvalue weighted by Gasteiger charge is -2.32. The fraction of sp³-hybridized carbons (Fsp3) is 0.857. The summed E-state index contributed by atoms with van der Waals surface area (Å²) in [5.41, 5.74) is 5.62. The molecule has 0 saturated carbocycles. The van der Waals surface area contributed by atoms with E-state index in [-0.39, 0.29) is 5.96 Å². The monoisotopic (exact) mass is 269 g/mol. The molecule has 0 rings (SSSR count). The van der Waals surface area contributed by atoms with Crippen LogP contribution in [-0.4, -0.2) is 41.4 Å². The Morgan fingerprint density at radius 1 is 0.842 bits per heavy atom. The fourth-order valence-corrected chi connectivity index (χ4v) is 1.85. The van der Waals surface area contributed by atoms with Crippen LogP contribution >= 0.6 is 0 Å². The van der Waals surface area contributed by atoms with Gasteiger partial charge in [0.2, 0.25) is 5.96 Å². The van der Waals surface area contributed by atoms with E-state index in [2.05, 4.69) is 25.7 Å². The van der Waals surface area contributed by atoms with Crippen LogP contribution in [0, 0.1) is 10.8 Å². The van der Waals surface area contributed by atoms with Gasteiger partial charge in [-0.3, -0.25) is 15.7 Å². The van der Waals surface area contributed by atoms with Crippen molar-refractivity contribution >= 4 is 11.9 Å². The molecule has 0 fully saturated rings. The first-order valence-electron chi connectivity index (χ1n) is 7.53. The molecule has 112 valence electrons. The minimum Gasteiger partial charge on any atom is -0.370 e. The molecule has 0 radical (unpaired) electrons. The molecule has 0 aliphatic rings. The van der Waals surface area contributed by atoms with Crippen molar-refractivity contribution in [2.45, 2.75) is 59.3 Å². The van der Waals surface area contributed by atoms with Crippen molar-refractivity contribution in [3.05, 3.63) is 0 Å². The Balaban J connectivity index is 4.63. The Hall–Kier alpha value is -1.26. The number of nitrogens with one attached hydrogen (secondary N) is 2. The van der Waals surface area contributed by atoms with Crippen molar-refractivity contribution in [2.24, 2.45) is 5.73 Å². The van der Waals surface area contributed by atoms with Gasteiger partial charge in [0.15, 0.2) is 5.96 Å². The molecular formula is C14H31N5. The SMILES string of the molecule is CCCCN(CCCC)C(=N)N(CCCC)C(=N)N. The number of rotatable bonds is 9. The van der Waals surface area contributed by atoms with Crippen molar-refractivity contribution in [2.75, 3.05) is 19.6 Å². The van der Waals surface area contributed by atoms with Gasteiger partial charge in [-0.15, -0.1) is 0 Å². The summed E-state index contributed by atoms with van der Waals surface area (Å²) in [5.74, 6) is 0.374. The second kappa shape index (κ2) is 10.6. The molecule has 0 aromatic carbocycles. The minimum atomic E-state index is -0.0172. The van der Waals surface area contributed by atoms with E-state index >= 15 is 0 Å². The van der Waals surface area contributed by atoms with E-state index in [1.54, 1.807) is 4.90 Å². The van der Waals surface area contributed by atoms with Crippen LogP contribution in [0.25, 0.3) is 0 Å². The van der Waals surface area contributed by atoms with Crippen LogP contribution in [0.2, 0.25) is 0 Å². The maximum Gasteiger partial charge on any atom is 0.200 e. The number of hydrogen-bond donors (Lipinski definition) is 3. The molecule has 5 heteroatoms. The van der Waals surface area contributed by atoms with E-state index in [9.17, 15) is 0 Å². The Labute approximate surface area is 118 Å². The van der Waals surface area contributed by atoms with Crippen LogP contribution in [0.15, 0.2) is 0 Å². The van der Waals surface area contributed by atoms with E-state index in [0.717, 1.165) is 51.6 Å². The topological polar surface area (TPSA) is 80.2 Å². The second-order valence-electron chi connectivity index (χ2n) is 4.91. The summed E-state index contributed by atoms with van der Waals surface area (Å²) in [6.45, 7) is 8.84. The summed E-state index contributed by atoms with van der Waals surface area (Å²) in [7, 11) is 0. The molecule has 0 aliphatic carbocycles. The first kappa shape index (κ1) is 17.7. The molecule has 0 bridgehead atoms. The zero-order valence-electron chi connectivity index (χ0n) is 12.8. The summed E-state index contributed by atoms with van der Waals surface area (Å²) in [4.78, 5) is 3.68. The van der Waals surface area contributed by atoms with Gasteiger partial charge in [0.05, 0.1) is 0 Å². The summed E-state index contributed by atoms with van der Waals surface area (Å²) in [6.07, 6.45) is 6.38. The van der Waals surface area contributed by atoms with E-state index in [1.807, 2.05) is 0 Å². The number of unbranched alkanes of at least 4 members (excludes halogenated alkanes) is 3. The average molecular weight is 269 g/mol. The fourth-order valence-electron chi connectivity index (χ4n) is 1.85. The number of nitrogens with zero attached hydrogens (tertiary/aromatic N) is 2. The van der Waals surface area contributed by atoms with E-state index in [4.69, 9.17) is 16.6 Å². The molecule has 19 heavy (non-hydrogen) atoms. The van der Waals surface area contributed by atoms with Crippen LogP contribution in [0.4, 0.5) is 0 Å². The zero-order chi connectivity index (χ0) is 14.7. The first-order chi connectivity index (χ1) is 9.08. The summed E-state index contributed by atoms with van der Waals surface area (Å²) >= 11 is 0. The number of guanidine groups is 2. The lowest BCUT2D eigenvalue weighted by molar-refractivity contribution is 0.349. The van der Waals surface area contributed by atoms with Crippen molar-refractivity contribution in [3.63, 3.8) is 0 Å². The van der Waals surface area contributed by atoms with Crippen LogP contribution in [0.3, 0.4) is 0 Å². The van der Waals surface area contributed by atoms with E-state index in [0.29, 0.717) is 12.5 Å². The molecule has 4 N–H and O–H groups in total. The molecule has 0 amide bonds. The lowest BCUT2D eigenvalue weighted by atomic mass is 10.2. The molecule has 0 atom stereocenters. The van der Waals surface area contributed by atoms with Gasteiger partial charge in [-0.1, -0.05) is 40.0 Å². The standard InChI is InChI=1S/C14H31N5/c1-4-7-10-18(11-8-5-2)14(17)19(13(15)16)12-9-6-3/h17H,4-12H2,1-3H3,(H3,15,16). The van der Waals surface area contributed by atoms with Crippen molar-refractivity contribution in [3.8, 4) is 0 Å². The van der Waals surface area contributed by atoms with E-state index < -0.39 is 0 Å². The van der Waals surface area contributed by atoms with Gasteiger partial charge in [0, 0.05) is 19.6 Å². The molecule has 0 aromatic rings. The highest BCUT2D eigenvalue weighted by Gasteiger charge is 2.18. The largest absolute Gasteiger partial charge is 0.370 e. The van der Waals surface area contributed by atoms with E-state index in [1.165, 1.54) is 0 Å². The predicted molar refractivity (Wildman–Crippen MR) is 82.6 cm³/mol. The minimum absolute atomic E-state index is 0.0172. The summed E-state index contributed by atoms with van der Waals surface area (Å²) in [6, 6.07) is 0. The third-order valence-electron chi connectivity index (χ3n) is 3.14. The highest BCUT2D eigenvalue weighted by molar-refractivity contribution is 5.95. The molecule has 0 aromatic heterocycles. The van der Waals surface area contributed by atoms with Gasteiger partial charge >= 0.3 is 0 Å². The summed E-state index contributed by atoms with van der Waals surface area (Å²) < 4.78 is 0. The van der Waals surface area contributed by atoms with Gasteiger partial charge in [-0.2, -0.15) is 0 Å². The van der Waals surface area contributed by atoms with Gasteiger partial charge in [0.25, 0.3) is 0 Å². The second-order valence-corrected chi connectivity index (χ2v) is 4.91. The summed E-state index contributed by atoms with van der Waals surface area (Å²) in [5, 5.41) is 15.9. The normalized spacial score (nSPS) is 10.3. The van der Waals surface area contributed by atoms with Gasteiger partial charge in [0.1, 0.15) is 0 Å². The third kappa shape index (κ3) is 7.03. The Morgan fingerprint density at radius 2 is 1.26 bits per heavy atom. The van der Waals surface area contributed by atoms with Gasteiger partial charge < -0.3 is 10.6 Å². The number of nitrogens with two attached hydrogens (primary N) is 1. The molecule has 0 saturated heterocycles. The van der Waals surface area contributed by atoms with Gasteiger partial charge in [-0.05, 0) is 19.3 Å². The average Bonchev–Trinajstić information content (AvgIpc) is 2.38. The maximum absolute atomic E-state index is 8.30. The molecular weight excluding hydrogens is 238 g/mol. The van der Waals surface area contributed by atoms with Crippen molar-refractivity contribution in [1.29, 1.82) is 10.8 Å². The third-order valence-corrected chi connectivity index (χ3v) is 3.14. The van der Waals surface area contributed by atoms with Crippen molar-refractivity contribution in [1.82, 2.24) is 9.80 Å². The first-order valence-corrected chi connectivity index (χ1v) is 7.53. The Kier molecular flexibility index (Phi) is 9.94. The predicted octanol–water partition coefficient (Wildman–Crippen LogP) is 2.82. The zero-order valence-corrected chi connectivity index (χ0v) is 12.8. The lowest BCUT2D eigenvalue weighted by Crippen LogP contribution is -2.50. The highest BCUT2D eigenvalue weighted by atomic mass is 15.4. The highest BCUT2D eigenvalue weighted by Crippen LogP contribution is 2.05. The molecule has 5 nitrogen and oxygen atoms in total. The van der Waals surface area contributed by atoms with Crippen LogP contribution < -0.4 is 5.73 Å². The van der Waals surface area contributed by atoms with Crippen LogP contribution in [0.5, 0.6) is 0 Å². The molecule has 0 spiro atoms. The smallest absolute Gasteiger partial charge is 0.200 e. The quantitative estimate of drug-likeness (QED) is 0.445. The van der Waals surface area contributed by atoms with Crippen molar-refractivity contribution < 1.29 is 0 Å². The molecule has 0 unspecified atom stereocenters. The van der Waals surface area contributed by atoms with Crippen LogP contribution in [-0.2, 0) is 0 Å². The maximum atomic E-state index is 8.30. The van der Waals surface area contributed by atoms with Gasteiger partial charge in [-0.25, -0.2) is 0 Å². The molecule has 0 aliphatic heterocycles. The Bertz CT molecular complexity index is 257. The Morgan fingerprint density at radius 3 is 1.63 bits per heavy atom. The molecule has 0 heterocycles. The number of hydrogen-bond acceptors (Lipinski definition) is 2. The van der Waals surface area contributed by atoms with Crippen LogP contribution in [0.1, 0.15) is 59.3 Å².